The average molecular weight is 205 g/mol. The van der Waals surface area contributed by atoms with Crippen LogP contribution in [0.2, 0.25) is 0 Å². The Morgan fingerprint density at radius 3 is 2.87 bits per heavy atom. The van der Waals surface area contributed by atoms with Crippen LogP contribution in [0.3, 0.4) is 0 Å². The maximum absolute atomic E-state index is 11.0. The number of aryl methyl sites for hydroxylation is 1. The van der Waals surface area contributed by atoms with E-state index in [9.17, 15) is 4.79 Å². The third kappa shape index (κ3) is 3.46. The quantitative estimate of drug-likeness (QED) is 0.467. The zero-order valence-corrected chi connectivity index (χ0v) is 8.99. The van der Waals surface area contributed by atoms with Crippen molar-refractivity contribution in [3.8, 4) is 0 Å². The van der Waals surface area contributed by atoms with Crippen molar-refractivity contribution in [2.45, 2.75) is 13.8 Å². The molecule has 0 bridgehead atoms. The van der Waals surface area contributed by atoms with Gasteiger partial charge in [0, 0.05) is 11.8 Å². The molecule has 0 atom stereocenters. The molecular formula is C12H15NO2. The van der Waals surface area contributed by atoms with E-state index in [1.807, 2.05) is 25.1 Å². The number of hydrogen-bond donors (Lipinski definition) is 1. The zero-order valence-electron chi connectivity index (χ0n) is 8.99. The van der Waals surface area contributed by atoms with E-state index in [0.29, 0.717) is 6.61 Å². The first-order chi connectivity index (χ1) is 7.13. The van der Waals surface area contributed by atoms with Crippen LogP contribution in [-0.4, -0.2) is 12.6 Å². The van der Waals surface area contributed by atoms with E-state index < -0.39 is 0 Å². The lowest BCUT2D eigenvalue weighted by Gasteiger charge is -2.00. The van der Waals surface area contributed by atoms with Gasteiger partial charge in [0.05, 0.1) is 6.61 Å². The van der Waals surface area contributed by atoms with Gasteiger partial charge >= 0.3 is 5.97 Å². The second-order valence-corrected chi connectivity index (χ2v) is 3.20. The maximum atomic E-state index is 11.0. The summed E-state index contributed by atoms with van der Waals surface area (Å²) in [6, 6.07) is 5.60. The molecule has 0 aliphatic heterocycles. The van der Waals surface area contributed by atoms with Crippen LogP contribution in [0.5, 0.6) is 0 Å². The molecule has 0 amide bonds. The number of ether oxygens (including phenoxy) is 1. The topological polar surface area (TPSA) is 52.3 Å². The summed E-state index contributed by atoms with van der Waals surface area (Å²) < 4.78 is 4.77. The first kappa shape index (κ1) is 11.3. The van der Waals surface area contributed by atoms with Gasteiger partial charge in [-0.05, 0) is 43.2 Å². The summed E-state index contributed by atoms with van der Waals surface area (Å²) in [5, 5.41) is 0. The Bertz CT molecular complexity index is 383. The molecule has 0 fully saturated rings. The molecule has 0 aliphatic carbocycles. The third-order valence-electron chi connectivity index (χ3n) is 1.99. The number of hydrogen-bond acceptors (Lipinski definition) is 3. The Hall–Kier alpha value is -1.77. The molecule has 15 heavy (non-hydrogen) atoms. The van der Waals surface area contributed by atoms with Gasteiger partial charge in [-0.1, -0.05) is 6.07 Å². The normalized spacial score (nSPS) is 10.5. The van der Waals surface area contributed by atoms with Crippen LogP contribution < -0.4 is 5.73 Å². The van der Waals surface area contributed by atoms with Crippen molar-refractivity contribution in [3.63, 3.8) is 0 Å². The first-order valence-electron chi connectivity index (χ1n) is 4.84. The molecular weight excluding hydrogens is 190 g/mol. The van der Waals surface area contributed by atoms with Gasteiger partial charge in [-0.2, -0.15) is 0 Å². The molecule has 0 saturated heterocycles. The fourth-order valence-electron chi connectivity index (χ4n) is 1.16. The minimum absolute atomic E-state index is 0.327. The first-order valence-corrected chi connectivity index (χ1v) is 4.84. The predicted molar refractivity (Wildman–Crippen MR) is 61.3 cm³/mol. The van der Waals surface area contributed by atoms with Crippen molar-refractivity contribution in [2.75, 3.05) is 12.3 Å². The van der Waals surface area contributed by atoms with Gasteiger partial charge in [0.2, 0.25) is 0 Å². The number of benzene rings is 1. The smallest absolute Gasteiger partial charge is 0.330 e. The van der Waals surface area contributed by atoms with Gasteiger partial charge in [-0.3, -0.25) is 0 Å². The Balaban J connectivity index is 2.72. The van der Waals surface area contributed by atoms with Crippen LogP contribution in [0.15, 0.2) is 24.3 Å². The van der Waals surface area contributed by atoms with Gasteiger partial charge < -0.3 is 10.5 Å². The summed E-state index contributed by atoms with van der Waals surface area (Å²) in [4.78, 5) is 11.0. The van der Waals surface area contributed by atoms with E-state index in [1.54, 1.807) is 13.0 Å². The summed E-state index contributed by atoms with van der Waals surface area (Å²) in [6.07, 6.45) is 3.12. The summed E-state index contributed by atoms with van der Waals surface area (Å²) in [7, 11) is 0. The Labute approximate surface area is 89.5 Å². The highest BCUT2D eigenvalue weighted by Crippen LogP contribution is 2.13. The van der Waals surface area contributed by atoms with Gasteiger partial charge in [-0.15, -0.1) is 0 Å². The highest BCUT2D eigenvalue weighted by Gasteiger charge is 1.96. The third-order valence-corrected chi connectivity index (χ3v) is 1.99. The van der Waals surface area contributed by atoms with E-state index in [-0.39, 0.29) is 5.97 Å². The van der Waals surface area contributed by atoms with Gasteiger partial charge in [-0.25, -0.2) is 4.79 Å². The molecule has 0 spiro atoms. The predicted octanol–water partition coefficient (Wildman–Crippen LogP) is 2.15. The molecule has 3 nitrogen and oxygen atoms in total. The summed E-state index contributed by atoms with van der Waals surface area (Å²) in [5.74, 6) is -0.327. The van der Waals surface area contributed by atoms with Crippen LogP contribution in [0.25, 0.3) is 6.08 Å². The number of carbonyl (C=O) groups is 1. The van der Waals surface area contributed by atoms with E-state index in [0.717, 1.165) is 16.8 Å². The number of carbonyl (C=O) groups excluding carboxylic acids is 1. The molecule has 2 N–H and O–H groups in total. The largest absolute Gasteiger partial charge is 0.463 e. The zero-order chi connectivity index (χ0) is 11.3. The highest BCUT2D eigenvalue weighted by atomic mass is 16.5. The second kappa shape index (κ2) is 5.20. The number of nitrogen functional groups attached to an aromatic ring is 1. The Morgan fingerprint density at radius 2 is 2.27 bits per heavy atom. The summed E-state index contributed by atoms with van der Waals surface area (Å²) in [5.41, 5.74) is 8.37. The number of rotatable bonds is 3. The van der Waals surface area contributed by atoms with Crippen LogP contribution in [-0.2, 0) is 9.53 Å². The summed E-state index contributed by atoms with van der Waals surface area (Å²) >= 11 is 0. The lowest BCUT2D eigenvalue weighted by molar-refractivity contribution is -0.137. The van der Waals surface area contributed by atoms with E-state index >= 15 is 0 Å². The number of anilines is 1. The lowest BCUT2D eigenvalue weighted by atomic mass is 10.1. The molecule has 1 aromatic rings. The molecule has 1 rings (SSSR count). The van der Waals surface area contributed by atoms with Crippen LogP contribution in [0.4, 0.5) is 5.69 Å². The Kier molecular flexibility index (Phi) is 3.92. The lowest BCUT2D eigenvalue weighted by Crippen LogP contribution is -1.98. The van der Waals surface area contributed by atoms with Gasteiger partial charge in [0.15, 0.2) is 0 Å². The monoisotopic (exact) mass is 205 g/mol. The van der Waals surface area contributed by atoms with Crippen molar-refractivity contribution in [1.82, 2.24) is 0 Å². The number of nitrogens with two attached hydrogens (primary N) is 1. The fourth-order valence-corrected chi connectivity index (χ4v) is 1.16. The van der Waals surface area contributed by atoms with Gasteiger partial charge in [0.25, 0.3) is 0 Å². The van der Waals surface area contributed by atoms with Crippen molar-refractivity contribution < 1.29 is 9.53 Å². The van der Waals surface area contributed by atoms with E-state index in [4.69, 9.17) is 10.5 Å². The highest BCUT2D eigenvalue weighted by molar-refractivity contribution is 5.87. The van der Waals surface area contributed by atoms with Crippen molar-refractivity contribution in [2.24, 2.45) is 0 Å². The average Bonchev–Trinajstić information content (AvgIpc) is 2.20. The molecule has 0 radical (unpaired) electrons. The van der Waals surface area contributed by atoms with E-state index in [1.165, 1.54) is 6.08 Å². The minimum Gasteiger partial charge on any atom is -0.463 e. The molecule has 0 aromatic heterocycles. The second-order valence-electron chi connectivity index (χ2n) is 3.20. The molecule has 1 aromatic carbocycles. The van der Waals surface area contributed by atoms with Crippen molar-refractivity contribution in [1.29, 1.82) is 0 Å². The molecule has 0 heterocycles. The SMILES string of the molecule is CCOC(=O)C=Cc1ccc(N)c(C)c1. The van der Waals surface area contributed by atoms with Crippen molar-refractivity contribution in [3.05, 3.63) is 35.4 Å². The molecule has 0 aliphatic rings. The Morgan fingerprint density at radius 1 is 1.53 bits per heavy atom. The number of esters is 1. The van der Waals surface area contributed by atoms with E-state index in [2.05, 4.69) is 0 Å². The van der Waals surface area contributed by atoms with Crippen LogP contribution >= 0.6 is 0 Å². The maximum Gasteiger partial charge on any atom is 0.330 e. The summed E-state index contributed by atoms with van der Waals surface area (Å²) in [6.45, 7) is 4.10. The molecule has 0 saturated carbocycles. The fraction of sp³-hybridized carbons (Fsp3) is 0.250. The molecule has 3 heteroatoms. The molecule has 80 valence electrons. The standard InChI is InChI=1S/C12H15NO2/c1-3-15-12(14)7-5-10-4-6-11(13)9(2)8-10/h4-8H,3,13H2,1-2H3. The van der Waals surface area contributed by atoms with Crippen molar-refractivity contribution >= 4 is 17.7 Å². The molecule has 0 unspecified atom stereocenters. The van der Waals surface area contributed by atoms with Gasteiger partial charge in [0.1, 0.15) is 0 Å². The minimum atomic E-state index is -0.327. The van der Waals surface area contributed by atoms with Crippen LogP contribution in [0.1, 0.15) is 18.1 Å². The van der Waals surface area contributed by atoms with Crippen LogP contribution in [0, 0.1) is 6.92 Å².